The van der Waals surface area contributed by atoms with E-state index in [1.54, 1.807) is 0 Å². The van der Waals surface area contributed by atoms with Crippen molar-refractivity contribution in [3.05, 3.63) is 140 Å². The second-order valence-corrected chi connectivity index (χ2v) is 10.8. The molecule has 0 saturated heterocycles. The normalized spacial score (nSPS) is 11.6. The van der Waals surface area contributed by atoms with Crippen LogP contribution in [-0.4, -0.2) is 0 Å². The lowest BCUT2D eigenvalue weighted by molar-refractivity contribution is 0.670. The monoisotopic (exact) mass is 517 g/mol. The molecule has 2 nitrogen and oxygen atoms in total. The number of anilines is 3. The lowest BCUT2D eigenvalue weighted by atomic mass is 9.96. The molecule has 6 aromatic carbocycles. The molecule has 0 saturated carbocycles. The number of fused-ring (bicyclic) bond motifs is 6. The van der Waals surface area contributed by atoms with E-state index in [-0.39, 0.29) is 0 Å². The van der Waals surface area contributed by atoms with Crippen LogP contribution in [0.15, 0.2) is 144 Å². The standard InChI is InChI=1S/C36H23NOS/c1-3-12-24(13-4-1)37(25-14-5-2-6-15-25)30-23-22-27(36-35(30)28-16-7-9-19-31(28)38-36)26-18-11-21-33-34(26)29-17-8-10-20-32(29)39-33/h1-23H. The van der Waals surface area contributed by atoms with Crippen LogP contribution in [-0.2, 0) is 0 Å². The summed E-state index contributed by atoms with van der Waals surface area (Å²) in [6, 6.07) is 49.3. The molecule has 0 atom stereocenters. The number of hydrogen-bond donors (Lipinski definition) is 0. The fraction of sp³-hybridized carbons (Fsp3) is 0. The second kappa shape index (κ2) is 8.87. The number of benzene rings is 6. The zero-order chi connectivity index (χ0) is 25.8. The molecule has 0 aliphatic heterocycles. The minimum absolute atomic E-state index is 0.893. The fourth-order valence-electron chi connectivity index (χ4n) is 5.79. The SMILES string of the molecule is c1ccc(N(c2ccccc2)c2ccc(-c3cccc4sc5ccccc5c34)c3oc4ccccc4c23)cc1. The quantitative estimate of drug-likeness (QED) is 0.231. The fourth-order valence-corrected chi connectivity index (χ4v) is 6.92. The van der Waals surface area contributed by atoms with Crippen LogP contribution in [0.4, 0.5) is 17.1 Å². The van der Waals surface area contributed by atoms with Crippen LogP contribution >= 0.6 is 11.3 Å². The Labute approximate surface area is 230 Å². The topological polar surface area (TPSA) is 16.4 Å². The van der Waals surface area contributed by atoms with Crippen LogP contribution < -0.4 is 4.90 Å². The summed E-state index contributed by atoms with van der Waals surface area (Å²) in [4.78, 5) is 2.33. The number of para-hydroxylation sites is 3. The van der Waals surface area contributed by atoms with E-state index in [0.717, 1.165) is 44.6 Å². The number of furan rings is 1. The summed E-state index contributed by atoms with van der Waals surface area (Å²) in [5.41, 5.74) is 7.42. The third-order valence-electron chi connectivity index (χ3n) is 7.47. The Morgan fingerprint density at radius 2 is 1.10 bits per heavy atom. The van der Waals surface area contributed by atoms with Crippen LogP contribution in [0, 0.1) is 0 Å². The van der Waals surface area contributed by atoms with E-state index in [1.165, 1.54) is 25.7 Å². The molecule has 0 fully saturated rings. The summed E-state index contributed by atoms with van der Waals surface area (Å²) >= 11 is 1.84. The lowest BCUT2D eigenvalue weighted by Gasteiger charge is -2.26. The first-order chi connectivity index (χ1) is 19.4. The number of thiophene rings is 1. The molecule has 0 aliphatic carbocycles. The summed E-state index contributed by atoms with van der Waals surface area (Å²) < 4.78 is 9.31. The van der Waals surface area contributed by atoms with E-state index >= 15 is 0 Å². The van der Waals surface area contributed by atoms with Gasteiger partial charge in [-0.1, -0.05) is 84.9 Å². The number of hydrogen-bond acceptors (Lipinski definition) is 3. The van der Waals surface area contributed by atoms with E-state index in [4.69, 9.17) is 4.42 Å². The van der Waals surface area contributed by atoms with Crippen molar-refractivity contribution in [2.45, 2.75) is 0 Å². The van der Waals surface area contributed by atoms with E-state index in [1.807, 2.05) is 17.4 Å². The third-order valence-corrected chi connectivity index (χ3v) is 8.60. The van der Waals surface area contributed by atoms with Crippen LogP contribution in [0.3, 0.4) is 0 Å². The van der Waals surface area contributed by atoms with Gasteiger partial charge in [0.25, 0.3) is 0 Å². The zero-order valence-electron chi connectivity index (χ0n) is 21.0. The largest absolute Gasteiger partial charge is 0.455 e. The Kier molecular flexibility index (Phi) is 5.04. The third kappa shape index (κ3) is 3.48. The first kappa shape index (κ1) is 22.2. The summed E-state index contributed by atoms with van der Waals surface area (Å²) in [5, 5.41) is 4.81. The molecule has 184 valence electrons. The minimum Gasteiger partial charge on any atom is -0.455 e. The van der Waals surface area contributed by atoms with Crippen molar-refractivity contribution in [1.82, 2.24) is 0 Å². The molecule has 8 rings (SSSR count). The maximum absolute atomic E-state index is 6.71. The van der Waals surface area contributed by atoms with Crippen LogP contribution in [0.25, 0.3) is 53.2 Å². The number of rotatable bonds is 4. The Bertz CT molecular complexity index is 2080. The van der Waals surface area contributed by atoms with Crippen molar-refractivity contribution >= 4 is 70.5 Å². The van der Waals surface area contributed by atoms with Gasteiger partial charge < -0.3 is 9.32 Å². The molecule has 0 spiro atoms. The molecular formula is C36H23NOS. The first-order valence-electron chi connectivity index (χ1n) is 13.1. The zero-order valence-corrected chi connectivity index (χ0v) is 21.9. The van der Waals surface area contributed by atoms with Gasteiger partial charge in [-0.05, 0) is 60.2 Å². The molecular weight excluding hydrogens is 494 g/mol. The molecule has 39 heavy (non-hydrogen) atoms. The lowest BCUT2D eigenvalue weighted by Crippen LogP contribution is -2.10. The molecule has 0 bridgehead atoms. The molecule has 0 N–H and O–H groups in total. The van der Waals surface area contributed by atoms with Gasteiger partial charge in [0.15, 0.2) is 0 Å². The Morgan fingerprint density at radius 1 is 0.462 bits per heavy atom. The van der Waals surface area contributed by atoms with Gasteiger partial charge >= 0.3 is 0 Å². The second-order valence-electron chi connectivity index (χ2n) is 9.72. The van der Waals surface area contributed by atoms with Crippen LogP contribution in [0.2, 0.25) is 0 Å². The highest BCUT2D eigenvalue weighted by molar-refractivity contribution is 7.25. The van der Waals surface area contributed by atoms with Crippen molar-refractivity contribution in [2.24, 2.45) is 0 Å². The molecule has 0 unspecified atom stereocenters. The maximum Gasteiger partial charge on any atom is 0.145 e. The van der Waals surface area contributed by atoms with E-state index < -0.39 is 0 Å². The van der Waals surface area contributed by atoms with Crippen molar-refractivity contribution in [2.75, 3.05) is 4.90 Å². The average molecular weight is 518 g/mol. The van der Waals surface area contributed by atoms with Gasteiger partial charge in [0, 0.05) is 42.5 Å². The van der Waals surface area contributed by atoms with Crippen molar-refractivity contribution < 1.29 is 4.42 Å². The highest BCUT2D eigenvalue weighted by Gasteiger charge is 2.23. The van der Waals surface area contributed by atoms with E-state index in [9.17, 15) is 0 Å². The van der Waals surface area contributed by atoms with Gasteiger partial charge in [-0.15, -0.1) is 11.3 Å². The molecule has 2 heterocycles. The average Bonchev–Trinajstić information content (AvgIpc) is 3.58. The molecule has 0 aliphatic rings. The van der Waals surface area contributed by atoms with Gasteiger partial charge in [-0.2, -0.15) is 0 Å². The Balaban J connectivity index is 1.48. The Morgan fingerprint density at radius 3 is 1.87 bits per heavy atom. The van der Waals surface area contributed by atoms with Gasteiger partial charge in [0.1, 0.15) is 11.2 Å². The summed E-state index contributed by atoms with van der Waals surface area (Å²) in [7, 11) is 0. The Hall–Kier alpha value is -4.86. The molecule has 3 heteroatoms. The summed E-state index contributed by atoms with van der Waals surface area (Å²) in [6.07, 6.45) is 0. The van der Waals surface area contributed by atoms with E-state index in [2.05, 4.69) is 138 Å². The molecule has 0 radical (unpaired) electrons. The number of nitrogens with zero attached hydrogens (tertiary/aromatic N) is 1. The van der Waals surface area contributed by atoms with Crippen LogP contribution in [0.5, 0.6) is 0 Å². The van der Waals surface area contributed by atoms with Gasteiger partial charge in [0.2, 0.25) is 0 Å². The van der Waals surface area contributed by atoms with Crippen LogP contribution in [0.1, 0.15) is 0 Å². The predicted octanol–water partition coefficient (Wildman–Crippen LogP) is 11.1. The maximum atomic E-state index is 6.71. The summed E-state index contributed by atoms with van der Waals surface area (Å²) in [6.45, 7) is 0. The predicted molar refractivity (Wildman–Crippen MR) is 167 cm³/mol. The minimum atomic E-state index is 0.893. The highest BCUT2D eigenvalue weighted by atomic mass is 32.1. The molecule has 2 aromatic heterocycles. The van der Waals surface area contributed by atoms with Crippen molar-refractivity contribution in [3.8, 4) is 11.1 Å². The van der Waals surface area contributed by atoms with Gasteiger partial charge in [0.05, 0.1) is 11.1 Å². The summed E-state index contributed by atoms with van der Waals surface area (Å²) in [5.74, 6) is 0. The first-order valence-corrected chi connectivity index (χ1v) is 13.9. The van der Waals surface area contributed by atoms with E-state index in [0.29, 0.717) is 0 Å². The van der Waals surface area contributed by atoms with Crippen molar-refractivity contribution in [3.63, 3.8) is 0 Å². The van der Waals surface area contributed by atoms with Gasteiger partial charge in [-0.25, -0.2) is 0 Å². The van der Waals surface area contributed by atoms with Gasteiger partial charge in [-0.3, -0.25) is 0 Å². The molecule has 8 aromatic rings. The van der Waals surface area contributed by atoms with Crippen molar-refractivity contribution in [1.29, 1.82) is 0 Å². The smallest absolute Gasteiger partial charge is 0.145 e. The highest BCUT2D eigenvalue weighted by Crippen LogP contribution is 2.48. The molecule has 0 amide bonds.